The summed E-state index contributed by atoms with van der Waals surface area (Å²) in [5.41, 5.74) is 0.435. The molecule has 0 aromatic heterocycles. The van der Waals surface area contributed by atoms with Crippen LogP contribution in [0.2, 0.25) is 0 Å². The van der Waals surface area contributed by atoms with Crippen molar-refractivity contribution in [3.05, 3.63) is 29.8 Å². The number of benzene rings is 1. The van der Waals surface area contributed by atoms with Crippen LogP contribution in [0.25, 0.3) is 0 Å². The van der Waals surface area contributed by atoms with Crippen molar-refractivity contribution in [2.24, 2.45) is 5.16 Å². The van der Waals surface area contributed by atoms with E-state index in [1.807, 2.05) is 0 Å². The molecule has 0 atom stereocenters. The zero-order chi connectivity index (χ0) is 8.55. The van der Waals surface area contributed by atoms with E-state index in [-0.39, 0.29) is 11.7 Å². The number of Topliss-reactive ketones (excluding diaryl/α,β-unsaturated/α-hetero) is 1. The van der Waals surface area contributed by atoms with Crippen LogP contribution in [-0.2, 0) is 0 Å². The largest absolute Gasteiger partial charge is 0.433 e. The van der Waals surface area contributed by atoms with E-state index in [2.05, 4.69) is 5.16 Å². The van der Waals surface area contributed by atoms with Crippen molar-refractivity contribution in [2.45, 2.75) is 0 Å². The summed E-state index contributed by atoms with van der Waals surface area (Å²) < 4.78 is 4.92. The Morgan fingerprint density at radius 3 is 2.75 bits per heavy atom. The fraction of sp³-hybridized carbons (Fsp3) is 0. The van der Waals surface area contributed by atoms with Crippen molar-refractivity contribution in [1.29, 1.82) is 0 Å². The molecule has 0 fully saturated rings. The lowest BCUT2D eigenvalue weighted by Crippen LogP contribution is -2.11. The summed E-state index contributed by atoms with van der Waals surface area (Å²) in [5, 5.41) is 11.1. The quantitative estimate of drug-likeness (QED) is 0.459. The molecule has 0 unspecified atom stereocenters. The summed E-state index contributed by atoms with van der Waals surface area (Å²) in [6.07, 6.45) is 0. The van der Waals surface area contributed by atoms with Gasteiger partial charge in [0, 0.05) is 0 Å². The fourth-order valence-electron chi connectivity index (χ4n) is 1.07. The third-order valence-corrected chi connectivity index (χ3v) is 1.62. The first-order valence-corrected chi connectivity index (χ1v) is 3.36. The third kappa shape index (κ3) is 0.780. The zero-order valence-electron chi connectivity index (χ0n) is 6.02. The minimum absolute atomic E-state index is 0.267. The minimum atomic E-state index is -0.381. The molecule has 1 aliphatic heterocycles. The summed E-state index contributed by atoms with van der Waals surface area (Å²) in [4.78, 5) is 11.2. The lowest BCUT2D eigenvalue weighted by atomic mass is 10.1. The Labute approximate surface area is 68.1 Å². The summed E-state index contributed by atoms with van der Waals surface area (Å²) >= 11 is 0. The second-order valence-corrected chi connectivity index (χ2v) is 2.33. The average molecular weight is 163 g/mol. The Morgan fingerprint density at radius 1 is 1.33 bits per heavy atom. The monoisotopic (exact) mass is 163 g/mol. The van der Waals surface area contributed by atoms with Crippen molar-refractivity contribution in [1.82, 2.24) is 0 Å². The van der Waals surface area contributed by atoms with Crippen molar-refractivity contribution in [2.75, 3.05) is 0 Å². The standard InChI is InChI=1S/C8H5NO3/c10-7-5-3-1-2-4-6(5)12-8(7)9-11/h1-4,11H/b9-8-. The SMILES string of the molecule is O=C1/C(=N/O)Oc2ccccc21. The summed E-state index contributed by atoms with van der Waals surface area (Å²) in [7, 11) is 0. The Morgan fingerprint density at radius 2 is 2.08 bits per heavy atom. The lowest BCUT2D eigenvalue weighted by molar-refractivity contribution is 0.105. The Hall–Kier alpha value is -1.84. The van der Waals surface area contributed by atoms with Crippen molar-refractivity contribution in [3.63, 3.8) is 0 Å². The molecule has 0 radical (unpaired) electrons. The number of hydrogen-bond acceptors (Lipinski definition) is 4. The number of oxime groups is 1. The highest BCUT2D eigenvalue weighted by Crippen LogP contribution is 2.25. The molecule has 1 heterocycles. The first kappa shape index (κ1) is 6.84. The number of hydrogen-bond donors (Lipinski definition) is 1. The number of para-hydroxylation sites is 1. The van der Waals surface area contributed by atoms with Gasteiger partial charge in [-0.3, -0.25) is 4.79 Å². The van der Waals surface area contributed by atoms with Gasteiger partial charge in [0.1, 0.15) is 5.75 Å². The highest BCUT2D eigenvalue weighted by molar-refractivity contribution is 6.46. The molecule has 0 aliphatic carbocycles. The van der Waals surface area contributed by atoms with Gasteiger partial charge in [-0.1, -0.05) is 12.1 Å². The number of carbonyl (C=O) groups excluding carboxylic acids is 1. The molecule has 60 valence electrons. The van der Waals surface area contributed by atoms with Crippen LogP contribution in [0.5, 0.6) is 5.75 Å². The average Bonchev–Trinajstić information content (AvgIpc) is 2.44. The Bertz CT molecular complexity index is 370. The van der Waals surface area contributed by atoms with Crippen molar-refractivity contribution in [3.8, 4) is 5.75 Å². The van der Waals surface area contributed by atoms with Crippen LogP contribution < -0.4 is 4.74 Å². The van der Waals surface area contributed by atoms with Crippen LogP contribution in [0.3, 0.4) is 0 Å². The van der Waals surface area contributed by atoms with Gasteiger partial charge in [0.15, 0.2) is 0 Å². The summed E-state index contributed by atoms with van der Waals surface area (Å²) in [6, 6.07) is 6.73. The van der Waals surface area contributed by atoms with Crippen LogP contribution in [0.15, 0.2) is 29.4 Å². The molecule has 1 aromatic rings. The maximum absolute atomic E-state index is 11.2. The molecule has 0 amide bonds. The van der Waals surface area contributed by atoms with E-state index in [1.165, 1.54) is 0 Å². The topological polar surface area (TPSA) is 58.9 Å². The van der Waals surface area contributed by atoms with Crippen LogP contribution in [0.1, 0.15) is 10.4 Å². The number of nitrogens with zero attached hydrogens (tertiary/aromatic N) is 1. The van der Waals surface area contributed by atoms with Crippen LogP contribution in [-0.4, -0.2) is 16.9 Å². The molecule has 12 heavy (non-hydrogen) atoms. The van der Waals surface area contributed by atoms with E-state index < -0.39 is 0 Å². The summed E-state index contributed by atoms with van der Waals surface area (Å²) in [6.45, 7) is 0. The van der Waals surface area contributed by atoms with Gasteiger partial charge >= 0.3 is 5.90 Å². The molecule has 4 nitrogen and oxygen atoms in total. The molecule has 1 N–H and O–H groups in total. The zero-order valence-corrected chi connectivity index (χ0v) is 6.02. The highest BCUT2D eigenvalue weighted by Gasteiger charge is 2.28. The van der Waals surface area contributed by atoms with Crippen LogP contribution >= 0.6 is 0 Å². The number of ether oxygens (including phenoxy) is 1. The summed E-state index contributed by atoms with van der Waals surface area (Å²) in [5.74, 6) is -0.209. The number of ketones is 1. The Balaban J connectivity index is 2.56. The molecule has 0 spiro atoms. The van der Waals surface area contributed by atoms with Gasteiger partial charge < -0.3 is 9.94 Å². The molecular formula is C8H5NO3. The second kappa shape index (κ2) is 2.34. The fourth-order valence-corrected chi connectivity index (χ4v) is 1.07. The Kier molecular flexibility index (Phi) is 1.33. The number of rotatable bonds is 0. The van der Waals surface area contributed by atoms with E-state index in [0.29, 0.717) is 11.3 Å². The van der Waals surface area contributed by atoms with Gasteiger partial charge in [-0.15, -0.1) is 0 Å². The number of carbonyl (C=O) groups is 1. The molecule has 4 heteroatoms. The molecule has 0 saturated heterocycles. The van der Waals surface area contributed by atoms with Gasteiger partial charge in [-0.2, -0.15) is 0 Å². The van der Waals surface area contributed by atoms with E-state index in [4.69, 9.17) is 9.94 Å². The molecule has 1 aliphatic rings. The molecule has 1 aromatic carbocycles. The van der Waals surface area contributed by atoms with Gasteiger partial charge in [-0.05, 0) is 17.3 Å². The van der Waals surface area contributed by atoms with Gasteiger partial charge in [0.05, 0.1) is 5.56 Å². The smallest absolute Gasteiger partial charge is 0.304 e. The molecule has 0 bridgehead atoms. The van der Waals surface area contributed by atoms with E-state index >= 15 is 0 Å². The highest BCUT2D eigenvalue weighted by atomic mass is 16.5. The lowest BCUT2D eigenvalue weighted by Gasteiger charge is -1.92. The minimum Gasteiger partial charge on any atom is -0.433 e. The van der Waals surface area contributed by atoms with E-state index in [9.17, 15) is 4.79 Å². The van der Waals surface area contributed by atoms with Crippen molar-refractivity contribution < 1.29 is 14.7 Å². The molecular weight excluding hydrogens is 158 g/mol. The van der Waals surface area contributed by atoms with E-state index in [0.717, 1.165) is 0 Å². The van der Waals surface area contributed by atoms with Gasteiger partial charge in [-0.25, -0.2) is 0 Å². The predicted octanol–water partition coefficient (Wildman–Crippen LogP) is 1.05. The predicted molar refractivity (Wildman–Crippen MR) is 40.6 cm³/mol. The first-order valence-electron chi connectivity index (χ1n) is 3.36. The normalized spacial score (nSPS) is 17.7. The maximum atomic E-state index is 11.2. The molecule has 0 saturated carbocycles. The second-order valence-electron chi connectivity index (χ2n) is 2.33. The van der Waals surface area contributed by atoms with Gasteiger partial charge in [0.25, 0.3) is 5.78 Å². The van der Waals surface area contributed by atoms with Crippen LogP contribution in [0, 0.1) is 0 Å². The number of fused-ring (bicyclic) bond motifs is 1. The molecule has 2 rings (SSSR count). The van der Waals surface area contributed by atoms with Gasteiger partial charge in [0.2, 0.25) is 0 Å². The van der Waals surface area contributed by atoms with Crippen LogP contribution in [0.4, 0.5) is 0 Å². The van der Waals surface area contributed by atoms with Crippen molar-refractivity contribution >= 4 is 11.7 Å². The third-order valence-electron chi connectivity index (χ3n) is 1.62. The first-order chi connectivity index (χ1) is 5.83. The maximum Gasteiger partial charge on any atom is 0.304 e. The van der Waals surface area contributed by atoms with E-state index in [1.54, 1.807) is 24.3 Å².